The Morgan fingerprint density at radius 2 is 2.09 bits per heavy atom. The summed E-state index contributed by atoms with van der Waals surface area (Å²) in [7, 11) is 2.98. The summed E-state index contributed by atoms with van der Waals surface area (Å²) >= 11 is 0. The Hall–Kier alpha value is -3.09. The summed E-state index contributed by atoms with van der Waals surface area (Å²) in [5, 5.41) is 14.4. The Labute approximate surface area is 125 Å². The molecule has 0 radical (unpaired) electrons. The van der Waals surface area contributed by atoms with Gasteiger partial charge in [0.05, 0.1) is 30.0 Å². The number of aryl methyl sites for hydroxylation is 1. The summed E-state index contributed by atoms with van der Waals surface area (Å²) in [6.07, 6.45) is 2.98. The Morgan fingerprint density at radius 1 is 1.32 bits per heavy atom. The number of aromatic nitrogens is 3. The fourth-order valence-electron chi connectivity index (χ4n) is 2.34. The van der Waals surface area contributed by atoms with Gasteiger partial charge in [-0.15, -0.1) is 0 Å². The highest BCUT2D eigenvalue weighted by atomic mass is 16.5. The molecule has 0 bridgehead atoms. The van der Waals surface area contributed by atoms with Gasteiger partial charge < -0.3 is 14.8 Å². The van der Waals surface area contributed by atoms with Crippen LogP contribution in [0.4, 0.5) is 0 Å². The number of ether oxygens (including phenoxy) is 1. The summed E-state index contributed by atoms with van der Waals surface area (Å²) in [4.78, 5) is 26.9. The molecule has 7 nitrogen and oxygen atoms in total. The molecule has 1 aromatic carbocycles. The maximum absolute atomic E-state index is 12.6. The number of fused-ring (bicyclic) bond motifs is 1. The van der Waals surface area contributed by atoms with Crippen molar-refractivity contribution in [2.45, 2.75) is 0 Å². The zero-order valence-corrected chi connectivity index (χ0v) is 12.0. The molecule has 2 heterocycles. The number of nitrogens with zero attached hydrogens (tertiary/aromatic N) is 2. The van der Waals surface area contributed by atoms with Crippen molar-refractivity contribution < 1.29 is 19.4 Å². The van der Waals surface area contributed by atoms with Crippen LogP contribution in [0.1, 0.15) is 26.3 Å². The lowest BCUT2D eigenvalue weighted by Crippen LogP contribution is -2.02. The lowest BCUT2D eigenvalue weighted by Gasteiger charge is -2.01. The van der Waals surface area contributed by atoms with E-state index in [1.807, 2.05) is 0 Å². The fraction of sp³-hybridized carbons (Fsp3) is 0.133. The number of methoxy groups -OCH3 is 1. The molecule has 3 rings (SSSR count). The highest BCUT2D eigenvalue weighted by Gasteiger charge is 2.22. The number of hydrogen-bond donors (Lipinski definition) is 2. The molecule has 0 aliphatic carbocycles. The quantitative estimate of drug-likeness (QED) is 0.566. The number of aromatic hydroxyl groups is 1. The SMILES string of the molecule is COC(=O)c1ccc2[nH]c(O)c(C(=O)c3cnn(C)c3)c2c1. The molecular weight excluding hydrogens is 286 g/mol. The summed E-state index contributed by atoms with van der Waals surface area (Å²) in [5.74, 6) is -1.13. The number of benzene rings is 1. The minimum Gasteiger partial charge on any atom is -0.494 e. The van der Waals surface area contributed by atoms with Crippen LogP contribution in [0.2, 0.25) is 0 Å². The number of esters is 1. The first-order valence-corrected chi connectivity index (χ1v) is 6.47. The number of H-pyrrole nitrogens is 1. The van der Waals surface area contributed by atoms with Crippen LogP contribution in [0, 0.1) is 0 Å². The first-order valence-electron chi connectivity index (χ1n) is 6.47. The first-order chi connectivity index (χ1) is 10.5. The van der Waals surface area contributed by atoms with Crippen LogP contribution in [0.3, 0.4) is 0 Å². The zero-order chi connectivity index (χ0) is 15.9. The molecule has 0 aliphatic rings. The van der Waals surface area contributed by atoms with Gasteiger partial charge in [-0.25, -0.2) is 4.79 Å². The van der Waals surface area contributed by atoms with Crippen LogP contribution < -0.4 is 0 Å². The molecule has 2 aromatic heterocycles. The molecule has 0 amide bonds. The Balaban J connectivity index is 2.17. The van der Waals surface area contributed by atoms with Crippen molar-refractivity contribution in [3.63, 3.8) is 0 Å². The van der Waals surface area contributed by atoms with Gasteiger partial charge in [0, 0.05) is 24.1 Å². The van der Waals surface area contributed by atoms with E-state index in [0.717, 1.165) is 0 Å². The highest BCUT2D eigenvalue weighted by molar-refractivity contribution is 6.18. The van der Waals surface area contributed by atoms with E-state index in [1.54, 1.807) is 25.4 Å². The van der Waals surface area contributed by atoms with E-state index in [2.05, 4.69) is 14.8 Å². The molecule has 3 aromatic rings. The van der Waals surface area contributed by atoms with E-state index in [1.165, 1.54) is 24.1 Å². The molecule has 112 valence electrons. The molecule has 2 N–H and O–H groups in total. The minimum atomic E-state index is -0.512. The smallest absolute Gasteiger partial charge is 0.337 e. The minimum absolute atomic E-state index is 0.105. The number of nitrogens with one attached hydrogen (secondary N) is 1. The van der Waals surface area contributed by atoms with E-state index in [9.17, 15) is 14.7 Å². The van der Waals surface area contributed by atoms with Gasteiger partial charge in [0.15, 0.2) is 0 Å². The van der Waals surface area contributed by atoms with E-state index < -0.39 is 5.97 Å². The zero-order valence-electron chi connectivity index (χ0n) is 12.0. The molecule has 0 fully saturated rings. The van der Waals surface area contributed by atoms with Crippen molar-refractivity contribution in [2.75, 3.05) is 7.11 Å². The van der Waals surface area contributed by atoms with Gasteiger partial charge in [0.1, 0.15) is 0 Å². The molecule has 0 saturated heterocycles. The van der Waals surface area contributed by atoms with E-state index in [0.29, 0.717) is 22.0 Å². The molecule has 0 aliphatic heterocycles. The summed E-state index contributed by atoms with van der Waals surface area (Å²) in [6, 6.07) is 4.69. The average Bonchev–Trinajstić information content (AvgIpc) is 3.07. The largest absolute Gasteiger partial charge is 0.494 e. The van der Waals surface area contributed by atoms with Crippen molar-refractivity contribution in [3.8, 4) is 5.88 Å². The Kier molecular flexibility index (Phi) is 3.17. The second-order valence-electron chi connectivity index (χ2n) is 4.83. The topological polar surface area (TPSA) is 97.2 Å². The van der Waals surface area contributed by atoms with E-state index in [4.69, 9.17) is 0 Å². The van der Waals surface area contributed by atoms with Crippen molar-refractivity contribution in [2.24, 2.45) is 7.05 Å². The van der Waals surface area contributed by atoms with Gasteiger partial charge >= 0.3 is 5.97 Å². The van der Waals surface area contributed by atoms with E-state index >= 15 is 0 Å². The average molecular weight is 299 g/mol. The highest BCUT2D eigenvalue weighted by Crippen LogP contribution is 2.30. The number of carbonyl (C=O) groups is 2. The normalized spacial score (nSPS) is 10.8. The van der Waals surface area contributed by atoms with Gasteiger partial charge in [-0.1, -0.05) is 0 Å². The molecule has 22 heavy (non-hydrogen) atoms. The number of hydrogen-bond acceptors (Lipinski definition) is 5. The van der Waals surface area contributed by atoms with Crippen molar-refractivity contribution in [1.82, 2.24) is 14.8 Å². The summed E-state index contributed by atoms with van der Waals surface area (Å²) in [6.45, 7) is 0. The number of aromatic amines is 1. The number of rotatable bonds is 3. The van der Waals surface area contributed by atoms with Gasteiger partial charge in [-0.05, 0) is 18.2 Å². The fourth-order valence-corrected chi connectivity index (χ4v) is 2.34. The monoisotopic (exact) mass is 299 g/mol. The van der Waals surface area contributed by atoms with Crippen molar-refractivity contribution >= 4 is 22.7 Å². The van der Waals surface area contributed by atoms with E-state index in [-0.39, 0.29) is 17.2 Å². The van der Waals surface area contributed by atoms with Gasteiger partial charge in [-0.2, -0.15) is 5.10 Å². The summed E-state index contributed by atoms with van der Waals surface area (Å²) in [5.41, 5.74) is 1.31. The molecule has 0 unspecified atom stereocenters. The lowest BCUT2D eigenvalue weighted by molar-refractivity contribution is 0.0600. The maximum Gasteiger partial charge on any atom is 0.337 e. The van der Waals surface area contributed by atoms with Crippen LogP contribution in [0.15, 0.2) is 30.6 Å². The molecule has 7 heteroatoms. The molecule has 0 spiro atoms. The third kappa shape index (κ3) is 2.12. The third-order valence-corrected chi connectivity index (χ3v) is 3.39. The van der Waals surface area contributed by atoms with Crippen LogP contribution in [0.5, 0.6) is 5.88 Å². The third-order valence-electron chi connectivity index (χ3n) is 3.39. The van der Waals surface area contributed by atoms with Crippen molar-refractivity contribution in [3.05, 3.63) is 47.3 Å². The van der Waals surface area contributed by atoms with Gasteiger partial charge in [0.2, 0.25) is 11.7 Å². The van der Waals surface area contributed by atoms with Crippen molar-refractivity contribution in [1.29, 1.82) is 0 Å². The lowest BCUT2D eigenvalue weighted by atomic mass is 10.0. The first kappa shape index (κ1) is 13.9. The van der Waals surface area contributed by atoms with Crippen LogP contribution in [0.25, 0.3) is 10.9 Å². The predicted molar refractivity (Wildman–Crippen MR) is 77.9 cm³/mol. The van der Waals surface area contributed by atoms with Crippen LogP contribution in [-0.2, 0) is 11.8 Å². The summed E-state index contributed by atoms with van der Waals surface area (Å²) < 4.78 is 6.17. The Bertz CT molecular complexity index is 891. The maximum atomic E-state index is 12.6. The number of carbonyl (C=O) groups excluding carboxylic acids is 2. The van der Waals surface area contributed by atoms with Crippen LogP contribution in [-0.4, -0.2) is 38.7 Å². The second kappa shape index (κ2) is 5.03. The van der Waals surface area contributed by atoms with Crippen LogP contribution >= 0.6 is 0 Å². The predicted octanol–water partition coefficient (Wildman–Crippen LogP) is 1.62. The second-order valence-corrected chi connectivity index (χ2v) is 4.83. The molecular formula is C15H13N3O4. The Morgan fingerprint density at radius 3 is 2.73 bits per heavy atom. The molecule has 0 saturated carbocycles. The standard InChI is InChI=1S/C15H13N3O4/c1-18-7-9(6-16-18)13(19)12-10-5-8(15(21)22-2)3-4-11(10)17-14(12)20/h3-7,17,20H,1-2H3. The molecule has 0 atom stereocenters. The van der Waals surface area contributed by atoms with Gasteiger partial charge in [0.25, 0.3) is 0 Å². The van der Waals surface area contributed by atoms with Gasteiger partial charge in [-0.3, -0.25) is 9.48 Å². The number of ketones is 1.